The molecule has 0 aliphatic carbocycles. The number of imidazole rings is 1. The molecule has 5 nitrogen and oxygen atoms in total. The highest BCUT2D eigenvalue weighted by Gasteiger charge is 2.15. The van der Waals surface area contributed by atoms with Gasteiger partial charge in [-0.05, 0) is 43.3 Å². The molecule has 1 N–H and O–H groups in total. The van der Waals surface area contributed by atoms with Crippen molar-refractivity contribution in [3.05, 3.63) is 60.4 Å². The average molecular weight is 308 g/mol. The molecule has 1 heterocycles. The molecule has 0 radical (unpaired) electrons. The van der Waals surface area contributed by atoms with Gasteiger partial charge in [0.15, 0.2) is 23.4 Å². The summed E-state index contributed by atoms with van der Waals surface area (Å²) in [6.07, 6.45) is 1.91. The predicted molar refractivity (Wildman–Crippen MR) is 88.2 cm³/mol. The molecule has 3 rings (SSSR count). The molecule has 0 aliphatic rings. The van der Waals surface area contributed by atoms with Crippen LogP contribution in [-0.2, 0) is 18.4 Å². The van der Waals surface area contributed by atoms with Crippen molar-refractivity contribution >= 4 is 28.4 Å². The lowest BCUT2D eigenvalue weighted by atomic mass is 10.1. The van der Waals surface area contributed by atoms with E-state index in [9.17, 15) is 9.59 Å². The molecule has 3 aromatic rings. The Morgan fingerprint density at radius 3 is 2.48 bits per heavy atom. The Morgan fingerprint density at radius 2 is 1.78 bits per heavy atom. The van der Waals surface area contributed by atoms with Crippen LogP contribution in [0.25, 0.3) is 11.0 Å². The number of rotatable bonds is 4. The Morgan fingerprint density at radius 1 is 1.09 bits per heavy atom. The van der Waals surface area contributed by atoms with Crippen LogP contribution in [0, 0.1) is 0 Å². The highest BCUT2D eigenvalue weighted by Crippen LogP contribution is 2.12. The summed E-state index contributed by atoms with van der Waals surface area (Å²) < 4.78 is 3.90. The van der Waals surface area contributed by atoms with Gasteiger partial charge in [0.05, 0.1) is 7.05 Å². The maximum Gasteiger partial charge on any atom is 0.266 e. The second kappa shape index (κ2) is 6.04. The summed E-state index contributed by atoms with van der Waals surface area (Å²) in [6, 6.07) is 14.8. The van der Waals surface area contributed by atoms with Gasteiger partial charge in [-0.2, -0.15) is 0 Å². The minimum atomic E-state index is -0.109. The third-order valence-corrected chi connectivity index (χ3v) is 3.77. The lowest BCUT2D eigenvalue weighted by Gasteiger charge is -2.04. The number of anilines is 1. The first-order valence-corrected chi connectivity index (χ1v) is 7.39. The number of nitrogens with zero attached hydrogens (tertiary/aromatic N) is 2. The van der Waals surface area contributed by atoms with Crippen LogP contribution in [0.15, 0.2) is 54.9 Å². The monoisotopic (exact) mass is 308 g/mol. The molecule has 0 fully saturated rings. The van der Waals surface area contributed by atoms with Crippen molar-refractivity contribution in [1.82, 2.24) is 4.57 Å². The maximum absolute atomic E-state index is 12.2. The van der Waals surface area contributed by atoms with Crippen LogP contribution < -0.4 is 9.88 Å². The summed E-state index contributed by atoms with van der Waals surface area (Å²) >= 11 is 0. The molecule has 1 amide bonds. The zero-order valence-corrected chi connectivity index (χ0v) is 13.1. The fourth-order valence-corrected chi connectivity index (χ4v) is 2.61. The van der Waals surface area contributed by atoms with Crippen molar-refractivity contribution in [1.29, 1.82) is 0 Å². The summed E-state index contributed by atoms with van der Waals surface area (Å²) in [6.45, 7) is 1.75. The van der Waals surface area contributed by atoms with E-state index in [0.717, 1.165) is 11.0 Å². The van der Waals surface area contributed by atoms with E-state index in [1.165, 1.54) is 6.92 Å². The number of Topliss-reactive ketones (excluding diaryl/α,β-unsaturated/α-hetero) is 1. The van der Waals surface area contributed by atoms with Gasteiger partial charge >= 0.3 is 0 Å². The summed E-state index contributed by atoms with van der Waals surface area (Å²) in [5.41, 5.74) is 3.40. The summed E-state index contributed by atoms with van der Waals surface area (Å²) in [5.74, 6) is -0.101. The molecule has 0 saturated heterocycles. The highest BCUT2D eigenvalue weighted by atomic mass is 16.2. The number of aryl methyl sites for hydroxylation is 1. The minimum absolute atomic E-state index is 0.00851. The van der Waals surface area contributed by atoms with Gasteiger partial charge < -0.3 is 5.32 Å². The van der Waals surface area contributed by atoms with Crippen LogP contribution in [0.4, 0.5) is 5.69 Å². The van der Waals surface area contributed by atoms with E-state index in [1.54, 1.807) is 24.3 Å². The number of nitrogens with one attached hydrogen (secondary N) is 1. The molecule has 0 spiro atoms. The standard InChI is InChI=1S/C18H17N3O2/c1-13(22)14-7-9-15(10-8-14)19-18(23)11-21-12-20(2)16-5-3-4-6-17(16)21/h3-10,12H,11H2,1-2H3/p+1. The number of fused-ring (bicyclic) bond motifs is 1. The largest absolute Gasteiger partial charge is 0.323 e. The molecule has 0 unspecified atom stereocenters. The van der Waals surface area contributed by atoms with Gasteiger partial charge in [0, 0.05) is 11.3 Å². The maximum atomic E-state index is 12.2. The Labute approximate surface area is 134 Å². The van der Waals surface area contributed by atoms with E-state index in [-0.39, 0.29) is 18.2 Å². The molecule has 0 aliphatic heterocycles. The minimum Gasteiger partial charge on any atom is -0.323 e. The molecule has 0 bridgehead atoms. The molecule has 0 atom stereocenters. The molecule has 2 aromatic carbocycles. The van der Waals surface area contributed by atoms with Gasteiger partial charge in [-0.15, -0.1) is 0 Å². The van der Waals surface area contributed by atoms with Gasteiger partial charge in [0.2, 0.25) is 6.33 Å². The Hall–Kier alpha value is -2.95. The predicted octanol–water partition coefficient (Wildman–Crippen LogP) is 2.31. The number of para-hydroxylation sites is 2. The van der Waals surface area contributed by atoms with E-state index in [4.69, 9.17) is 0 Å². The van der Waals surface area contributed by atoms with Crippen LogP contribution in [0.3, 0.4) is 0 Å². The van der Waals surface area contributed by atoms with E-state index in [0.29, 0.717) is 11.3 Å². The van der Waals surface area contributed by atoms with E-state index < -0.39 is 0 Å². The first-order valence-electron chi connectivity index (χ1n) is 7.39. The SMILES string of the molecule is CC(=O)c1ccc(NC(=O)Cn2c[n+](C)c3ccccc32)cc1. The lowest BCUT2D eigenvalue weighted by Crippen LogP contribution is -2.26. The summed E-state index contributed by atoms with van der Waals surface area (Å²) in [4.78, 5) is 23.5. The van der Waals surface area contributed by atoms with Crippen molar-refractivity contribution in [3.63, 3.8) is 0 Å². The Kier molecular flexibility index (Phi) is 3.93. The highest BCUT2D eigenvalue weighted by molar-refractivity contribution is 5.95. The van der Waals surface area contributed by atoms with Crippen molar-refractivity contribution < 1.29 is 14.2 Å². The summed E-state index contributed by atoms with van der Waals surface area (Å²) in [7, 11) is 1.96. The Balaban J connectivity index is 1.75. The number of aromatic nitrogens is 2. The van der Waals surface area contributed by atoms with Gasteiger partial charge in [0.25, 0.3) is 5.91 Å². The third kappa shape index (κ3) is 3.13. The van der Waals surface area contributed by atoms with E-state index in [1.807, 2.05) is 46.8 Å². The zero-order chi connectivity index (χ0) is 16.4. The number of carbonyl (C=O) groups excluding carboxylic acids is 2. The van der Waals surface area contributed by atoms with E-state index in [2.05, 4.69) is 5.32 Å². The fourth-order valence-electron chi connectivity index (χ4n) is 2.61. The molecule has 1 aromatic heterocycles. The second-order valence-electron chi connectivity index (χ2n) is 5.52. The van der Waals surface area contributed by atoms with Crippen LogP contribution in [0.2, 0.25) is 0 Å². The van der Waals surface area contributed by atoms with Crippen molar-refractivity contribution in [2.24, 2.45) is 7.05 Å². The van der Waals surface area contributed by atoms with Crippen LogP contribution in [0.5, 0.6) is 0 Å². The van der Waals surface area contributed by atoms with Crippen LogP contribution in [0.1, 0.15) is 17.3 Å². The molecule has 23 heavy (non-hydrogen) atoms. The van der Waals surface area contributed by atoms with Crippen LogP contribution >= 0.6 is 0 Å². The Bertz CT molecular complexity index is 879. The molecular formula is C18H18N3O2+. The van der Waals surface area contributed by atoms with Crippen molar-refractivity contribution in [3.8, 4) is 0 Å². The first kappa shape index (κ1) is 15.0. The molecular weight excluding hydrogens is 290 g/mol. The number of ketones is 1. The smallest absolute Gasteiger partial charge is 0.266 e. The summed E-state index contributed by atoms with van der Waals surface area (Å²) in [5, 5.41) is 2.85. The van der Waals surface area contributed by atoms with Gasteiger partial charge in [-0.1, -0.05) is 12.1 Å². The van der Waals surface area contributed by atoms with Crippen molar-refractivity contribution in [2.45, 2.75) is 13.5 Å². The number of hydrogen-bond donors (Lipinski definition) is 1. The third-order valence-electron chi connectivity index (χ3n) is 3.77. The molecule has 116 valence electrons. The van der Waals surface area contributed by atoms with E-state index >= 15 is 0 Å². The lowest BCUT2D eigenvalue weighted by molar-refractivity contribution is -0.645. The normalized spacial score (nSPS) is 10.7. The number of amides is 1. The van der Waals surface area contributed by atoms with Crippen molar-refractivity contribution in [2.75, 3.05) is 5.32 Å². The molecule has 0 saturated carbocycles. The number of hydrogen-bond acceptors (Lipinski definition) is 2. The quantitative estimate of drug-likeness (QED) is 0.594. The topological polar surface area (TPSA) is 55.0 Å². The van der Waals surface area contributed by atoms with Gasteiger partial charge in [0.1, 0.15) is 0 Å². The average Bonchev–Trinajstić information content (AvgIpc) is 2.84. The molecule has 5 heteroatoms. The second-order valence-corrected chi connectivity index (χ2v) is 5.52. The van der Waals surface area contributed by atoms with Crippen LogP contribution in [-0.4, -0.2) is 16.3 Å². The first-order chi connectivity index (χ1) is 11.0. The van der Waals surface area contributed by atoms with Gasteiger partial charge in [-0.3, -0.25) is 9.59 Å². The fraction of sp³-hybridized carbons (Fsp3) is 0.167. The van der Waals surface area contributed by atoms with Gasteiger partial charge in [-0.25, -0.2) is 9.13 Å². The zero-order valence-electron chi connectivity index (χ0n) is 13.1. The number of carbonyl (C=O) groups is 2. The number of benzene rings is 2.